The van der Waals surface area contributed by atoms with Crippen molar-refractivity contribution in [3.05, 3.63) is 41.7 Å². The van der Waals surface area contributed by atoms with E-state index in [4.69, 9.17) is 15.9 Å². The lowest BCUT2D eigenvalue weighted by Gasteiger charge is -2.19. The first-order valence-corrected chi connectivity index (χ1v) is 15.4. The van der Waals surface area contributed by atoms with Gasteiger partial charge in [-0.3, -0.25) is 23.6 Å². The number of aryl methyl sites for hydroxylation is 1. The Morgan fingerprint density at radius 2 is 1.49 bits per heavy atom. The molecule has 0 aliphatic heterocycles. The highest BCUT2D eigenvalue weighted by molar-refractivity contribution is 5.95. The summed E-state index contributed by atoms with van der Waals surface area (Å²) in [5.41, 5.74) is 6.52. The van der Waals surface area contributed by atoms with Gasteiger partial charge in [0.2, 0.25) is 11.8 Å². The van der Waals surface area contributed by atoms with E-state index >= 15 is 0 Å². The summed E-state index contributed by atoms with van der Waals surface area (Å²) in [6.45, 7) is 0.0544. The fourth-order valence-corrected chi connectivity index (χ4v) is 4.52. The van der Waals surface area contributed by atoms with Crippen molar-refractivity contribution in [2.75, 3.05) is 19.8 Å². The van der Waals surface area contributed by atoms with Crippen LogP contribution in [-0.4, -0.2) is 92.7 Å². The number of amides is 5. The molecule has 2 aromatic rings. The molecule has 8 N–H and O–H groups in total. The number of hydrogen-bond donors (Lipinski definition) is 7. The Kier molecular flexibility index (Phi) is 16.9. The number of halogens is 1. The predicted octanol–water partition coefficient (Wildman–Crippen LogP) is 1.22. The van der Waals surface area contributed by atoms with E-state index in [1.807, 2.05) is 0 Å². The number of carbonyl (C=O) groups is 6. The van der Waals surface area contributed by atoms with E-state index < -0.39 is 54.4 Å². The van der Waals surface area contributed by atoms with Crippen molar-refractivity contribution in [3.63, 3.8) is 0 Å². The number of urea groups is 1. The summed E-state index contributed by atoms with van der Waals surface area (Å²) in [5.74, 6) is -3.46. The van der Waals surface area contributed by atoms with Gasteiger partial charge in [0.05, 0.1) is 24.3 Å². The van der Waals surface area contributed by atoms with Crippen LogP contribution in [0.25, 0.3) is 5.69 Å². The topological polar surface area (TPSA) is 248 Å². The highest BCUT2D eigenvalue weighted by Gasteiger charge is 2.21. The van der Waals surface area contributed by atoms with Crippen LogP contribution in [0.3, 0.4) is 0 Å². The monoisotopic (exact) mass is 662 g/mol. The quantitative estimate of drug-likeness (QED) is 0.0838. The number of nitrogens with zero attached hydrogens (tertiary/aromatic N) is 3. The van der Waals surface area contributed by atoms with Gasteiger partial charge in [0.1, 0.15) is 6.04 Å². The molecule has 2 atom stereocenters. The average Bonchev–Trinajstić information content (AvgIpc) is 3.49. The molecule has 0 radical (unpaired) electrons. The fourth-order valence-electron chi connectivity index (χ4n) is 4.52. The Bertz CT molecular complexity index is 1340. The molecule has 0 aliphatic carbocycles. The molecule has 16 nitrogen and oxygen atoms in total. The number of nitrogens with two attached hydrogens (primary N) is 1. The van der Waals surface area contributed by atoms with Gasteiger partial charge in [0, 0.05) is 44.0 Å². The first kappa shape index (κ1) is 38.1. The highest BCUT2D eigenvalue weighted by Crippen LogP contribution is 2.12. The number of carbonyl (C=O) groups excluding carboxylic acids is 4. The molecule has 1 unspecified atom stereocenters. The highest BCUT2D eigenvalue weighted by atomic mass is 19.1. The SMILES string of the molecule is NC(=O)N[C@@H](CCCCNC(=O)CC(CC(=O)NCCCCCC(=O)O)NC(=O)c1ccc(-n2cc(CCCF)nn2)cc1)C(=O)O. The number of benzene rings is 1. The number of nitrogens with one attached hydrogen (secondary N) is 4. The third-order valence-corrected chi connectivity index (χ3v) is 6.95. The largest absolute Gasteiger partial charge is 0.481 e. The van der Waals surface area contributed by atoms with Crippen LogP contribution in [0.2, 0.25) is 0 Å². The maximum absolute atomic E-state index is 13.1. The van der Waals surface area contributed by atoms with Crippen LogP contribution >= 0.6 is 0 Å². The van der Waals surface area contributed by atoms with Crippen LogP contribution in [-0.2, 0) is 25.6 Å². The van der Waals surface area contributed by atoms with Crippen LogP contribution in [0, 0.1) is 0 Å². The molecule has 47 heavy (non-hydrogen) atoms. The summed E-state index contributed by atoms with van der Waals surface area (Å²) in [5, 5.41) is 36.2. The van der Waals surface area contributed by atoms with E-state index in [-0.39, 0.29) is 37.8 Å². The maximum atomic E-state index is 13.1. The lowest BCUT2D eigenvalue weighted by Crippen LogP contribution is -2.43. The molecule has 0 bridgehead atoms. The number of hydrogen-bond acceptors (Lipinski definition) is 8. The van der Waals surface area contributed by atoms with Gasteiger partial charge < -0.3 is 37.2 Å². The van der Waals surface area contributed by atoms with Crippen LogP contribution < -0.4 is 27.0 Å². The smallest absolute Gasteiger partial charge is 0.326 e. The number of rotatable bonds is 23. The average molecular weight is 663 g/mol. The molecular formula is C30H43FN8O8. The van der Waals surface area contributed by atoms with Crippen LogP contribution in [0.1, 0.15) is 80.3 Å². The molecule has 0 spiro atoms. The van der Waals surface area contributed by atoms with Gasteiger partial charge in [0.25, 0.3) is 5.91 Å². The van der Waals surface area contributed by atoms with Crippen LogP contribution in [0.4, 0.5) is 9.18 Å². The summed E-state index contributed by atoms with van der Waals surface area (Å²) < 4.78 is 14.0. The van der Waals surface area contributed by atoms with Gasteiger partial charge in [-0.15, -0.1) is 5.10 Å². The molecule has 1 heterocycles. The number of carboxylic acid groups (broad SMARTS) is 2. The fraction of sp³-hybridized carbons (Fsp3) is 0.533. The Labute approximate surface area is 271 Å². The standard InChI is InChI=1S/C30H43FN8O8/c31-14-6-7-21-19-39(38-37-21)23-12-10-20(11-13-23)28(44)35-22(17-25(40)33-15-4-1-2-9-27(42)43)18-26(41)34-16-5-3-8-24(29(45)46)36-30(32)47/h10-13,19,22,24H,1-9,14-18H2,(H,33,40)(H,34,41)(H,35,44)(H,42,43)(H,45,46)(H3,32,36,47)/t22?,24-/m0/s1. The first-order chi connectivity index (χ1) is 22.5. The van der Waals surface area contributed by atoms with Gasteiger partial charge >= 0.3 is 18.0 Å². The molecule has 0 aliphatic rings. The second-order valence-electron chi connectivity index (χ2n) is 10.9. The molecule has 0 saturated carbocycles. The number of aliphatic carboxylic acids is 2. The summed E-state index contributed by atoms with van der Waals surface area (Å²) in [6.07, 6.45) is 4.67. The maximum Gasteiger partial charge on any atom is 0.326 e. The molecule has 1 aromatic heterocycles. The van der Waals surface area contributed by atoms with Crippen molar-refractivity contribution in [2.45, 2.75) is 82.7 Å². The number of aromatic nitrogens is 3. The minimum absolute atomic E-state index is 0.0445. The van der Waals surface area contributed by atoms with Crippen molar-refractivity contribution in [1.29, 1.82) is 0 Å². The summed E-state index contributed by atoms with van der Waals surface area (Å²) in [7, 11) is 0. The minimum atomic E-state index is -1.22. The van der Waals surface area contributed by atoms with Gasteiger partial charge in [-0.2, -0.15) is 0 Å². The Hall–Kier alpha value is -5.09. The van der Waals surface area contributed by atoms with E-state index in [1.165, 1.54) is 4.68 Å². The lowest BCUT2D eigenvalue weighted by molar-refractivity contribution is -0.139. The molecule has 0 saturated heterocycles. The van der Waals surface area contributed by atoms with Gasteiger partial charge in [-0.05, 0) is 69.2 Å². The number of alkyl halides is 1. The van der Waals surface area contributed by atoms with E-state index in [0.29, 0.717) is 62.9 Å². The van der Waals surface area contributed by atoms with Crippen molar-refractivity contribution >= 4 is 35.7 Å². The zero-order chi connectivity index (χ0) is 34.6. The van der Waals surface area contributed by atoms with Gasteiger partial charge in [0.15, 0.2) is 0 Å². The lowest BCUT2D eigenvalue weighted by atomic mass is 10.1. The predicted molar refractivity (Wildman–Crippen MR) is 166 cm³/mol. The minimum Gasteiger partial charge on any atom is -0.481 e. The molecule has 17 heteroatoms. The van der Waals surface area contributed by atoms with Crippen molar-refractivity contribution in [1.82, 2.24) is 36.3 Å². The number of carboxylic acids is 2. The molecule has 1 aromatic carbocycles. The van der Waals surface area contributed by atoms with Gasteiger partial charge in [-0.25, -0.2) is 14.3 Å². The second kappa shape index (κ2) is 20.8. The molecule has 5 amide bonds. The van der Waals surface area contributed by atoms with E-state index in [0.717, 1.165) is 0 Å². The van der Waals surface area contributed by atoms with Crippen LogP contribution in [0.5, 0.6) is 0 Å². The van der Waals surface area contributed by atoms with Gasteiger partial charge in [-0.1, -0.05) is 11.6 Å². The third kappa shape index (κ3) is 15.6. The number of unbranched alkanes of at least 4 members (excludes halogenated alkanes) is 3. The Morgan fingerprint density at radius 1 is 0.851 bits per heavy atom. The van der Waals surface area contributed by atoms with Crippen molar-refractivity contribution < 1.29 is 43.4 Å². The number of primary amides is 1. The zero-order valence-corrected chi connectivity index (χ0v) is 26.1. The van der Waals surface area contributed by atoms with Crippen molar-refractivity contribution in [2.24, 2.45) is 5.73 Å². The Balaban J connectivity index is 1.95. The summed E-state index contributed by atoms with van der Waals surface area (Å²) in [4.78, 5) is 71.3. The van der Waals surface area contributed by atoms with E-state index in [2.05, 4.69) is 31.6 Å². The molecular weight excluding hydrogens is 619 g/mol. The summed E-state index contributed by atoms with van der Waals surface area (Å²) >= 11 is 0. The zero-order valence-electron chi connectivity index (χ0n) is 26.1. The molecule has 258 valence electrons. The normalized spacial score (nSPS) is 12.0. The van der Waals surface area contributed by atoms with Crippen molar-refractivity contribution in [3.8, 4) is 5.69 Å². The van der Waals surface area contributed by atoms with Crippen LogP contribution in [0.15, 0.2) is 30.5 Å². The second-order valence-corrected chi connectivity index (χ2v) is 10.9. The van der Waals surface area contributed by atoms with E-state index in [9.17, 15) is 33.2 Å². The van der Waals surface area contributed by atoms with E-state index in [1.54, 1.807) is 30.5 Å². The summed E-state index contributed by atoms with van der Waals surface area (Å²) in [6, 6.07) is 3.45. The Morgan fingerprint density at radius 3 is 2.06 bits per heavy atom. The first-order valence-electron chi connectivity index (χ1n) is 15.4. The third-order valence-electron chi connectivity index (χ3n) is 6.95. The molecule has 2 rings (SSSR count). The molecule has 0 fully saturated rings.